The third kappa shape index (κ3) is 1.89. The van der Waals surface area contributed by atoms with Gasteiger partial charge in [0.05, 0.1) is 12.7 Å². The number of benzene rings is 1. The summed E-state index contributed by atoms with van der Waals surface area (Å²) in [4.78, 5) is 8.61. The van der Waals surface area contributed by atoms with E-state index in [0.717, 1.165) is 22.4 Å². The van der Waals surface area contributed by atoms with Crippen molar-refractivity contribution in [3.05, 3.63) is 41.7 Å². The molecule has 0 aliphatic carbocycles. The highest BCUT2D eigenvalue weighted by Gasteiger charge is 2.09. The van der Waals surface area contributed by atoms with Gasteiger partial charge in [0.15, 0.2) is 5.82 Å². The predicted octanol–water partition coefficient (Wildman–Crippen LogP) is 2.77. The zero-order valence-corrected chi connectivity index (χ0v) is 9.69. The Morgan fingerprint density at radius 2 is 1.75 bits per heavy atom. The molecular formula is C13H14N2O. The average molecular weight is 214 g/mol. The van der Waals surface area contributed by atoms with Crippen LogP contribution in [0.3, 0.4) is 0 Å². The summed E-state index contributed by atoms with van der Waals surface area (Å²) >= 11 is 0. The van der Waals surface area contributed by atoms with Gasteiger partial charge in [0.1, 0.15) is 5.75 Å². The van der Waals surface area contributed by atoms with Gasteiger partial charge in [0, 0.05) is 12.4 Å². The molecule has 1 aromatic heterocycles. The maximum atomic E-state index is 5.38. The van der Waals surface area contributed by atoms with Crippen LogP contribution in [0.1, 0.15) is 11.1 Å². The Bertz CT molecular complexity index is 492. The van der Waals surface area contributed by atoms with Crippen LogP contribution in [-0.4, -0.2) is 17.1 Å². The van der Waals surface area contributed by atoms with Crippen LogP contribution in [-0.2, 0) is 0 Å². The minimum Gasteiger partial charge on any atom is -0.496 e. The standard InChI is InChI=1S/C13H14N2O/c1-9-7-14-13(15-8-9)11-6-4-5-10(2)12(11)16-3/h4-8H,1-3H3. The molecule has 0 saturated carbocycles. The molecule has 3 nitrogen and oxygen atoms in total. The summed E-state index contributed by atoms with van der Waals surface area (Å²) in [5.74, 6) is 1.54. The lowest BCUT2D eigenvalue weighted by atomic mass is 10.1. The van der Waals surface area contributed by atoms with Crippen LogP contribution in [0.25, 0.3) is 11.4 Å². The van der Waals surface area contributed by atoms with Crippen LogP contribution in [0.15, 0.2) is 30.6 Å². The fraction of sp³-hybridized carbons (Fsp3) is 0.231. The molecule has 0 radical (unpaired) electrons. The molecule has 3 heteroatoms. The molecule has 0 atom stereocenters. The summed E-state index contributed by atoms with van der Waals surface area (Å²) in [5, 5.41) is 0. The van der Waals surface area contributed by atoms with Gasteiger partial charge < -0.3 is 4.74 Å². The number of aryl methyl sites for hydroxylation is 2. The van der Waals surface area contributed by atoms with E-state index in [1.807, 2.05) is 44.4 Å². The molecule has 0 fully saturated rings. The number of aromatic nitrogens is 2. The maximum absolute atomic E-state index is 5.38. The third-order valence-corrected chi connectivity index (χ3v) is 2.44. The molecule has 2 rings (SSSR count). The van der Waals surface area contributed by atoms with Crippen LogP contribution in [0.2, 0.25) is 0 Å². The molecule has 16 heavy (non-hydrogen) atoms. The highest BCUT2D eigenvalue weighted by molar-refractivity contribution is 5.66. The van der Waals surface area contributed by atoms with Gasteiger partial charge in [0.25, 0.3) is 0 Å². The van der Waals surface area contributed by atoms with Crippen molar-refractivity contribution in [1.29, 1.82) is 0 Å². The van der Waals surface area contributed by atoms with Gasteiger partial charge in [-0.1, -0.05) is 12.1 Å². The third-order valence-electron chi connectivity index (χ3n) is 2.44. The first kappa shape index (κ1) is 10.6. The van der Waals surface area contributed by atoms with E-state index in [1.54, 1.807) is 7.11 Å². The van der Waals surface area contributed by atoms with E-state index >= 15 is 0 Å². The molecule has 0 unspecified atom stereocenters. The van der Waals surface area contributed by atoms with Crippen LogP contribution >= 0.6 is 0 Å². The molecule has 2 aromatic rings. The monoisotopic (exact) mass is 214 g/mol. The molecular weight excluding hydrogens is 200 g/mol. The van der Waals surface area contributed by atoms with Crippen molar-refractivity contribution >= 4 is 0 Å². The van der Waals surface area contributed by atoms with E-state index in [0.29, 0.717) is 5.82 Å². The number of methoxy groups -OCH3 is 1. The number of ether oxygens (including phenoxy) is 1. The van der Waals surface area contributed by atoms with E-state index < -0.39 is 0 Å². The van der Waals surface area contributed by atoms with Crippen LogP contribution in [0.5, 0.6) is 5.75 Å². The Hall–Kier alpha value is -1.90. The Balaban J connectivity index is 2.55. The van der Waals surface area contributed by atoms with E-state index in [2.05, 4.69) is 9.97 Å². The molecule has 0 bridgehead atoms. The van der Waals surface area contributed by atoms with Crippen molar-refractivity contribution < 1.29 is 4.74 Å². The zero-order valence-electron chi connectivity index (χ0n) is 9.69. The lowest BCUT2D eigenvalue weighted by Crippen LogP contribution is -1.95. The molecule has 0 aliphatic heterocycles. The van der Waals surface area contributed by atoms with Gasteiger partial charge in [-0.15, -0.1) is 0 Å². The SMILES string of the molecule is COc1c(C)cccc1-c1ncc(C)cn1. The van der Waals surface area contributed by atoms with Crippen LogP contribution in [0.4, 0.5) is 0 Å². The van der Waals surface area contributed by atoms with E-state index in [4.69, 9.17) is 4.74 Å². The van der Waals surface area contributed by atoms with Crippen molar-refractivity contribution in [3.8, 4) is 17.1 Å². The minimum atomic E-state index is 0.700. The van der Waals surface area contributed by atoms with Gasteiger partial charge in [-0.2, -0.15) is 0 Å². The van der Waals surface area contributed by atoms with Crippen LogP contribution in [0, 0.1) is 13.8 Å². The quantitative estimate of drug-likeness (QED) is 0.771. The lowest BCUT2D eigenvalue weighted by molar-refractivity contribution is 0.413. The zero-order chi connectivity index (χ0) is 11.5. The minimum absolute atomic E-state index is 0.700. The largest absolute Gasteiger partial charge is 0.496 e. The van der Waals surface area contributed by atoms with Gasteiger partial charge >= 0.3 is 0 Å². The number of rotatable bonds is 2. The summed E-state index contributed by atoms with van der Waals surface area (Å²) in [5.41, 5.74) is 3.07. The second-order valence-corrected chi connectivity index (χ2v) is 3.74. The van der Waals surface area contributed by atoms with Gasteiger partial charge in [-0.05, 0) is 31.0 Å². The fourth-order valence-electron chi connectivity index (χ4n) is 1.63. The average Bonchev–Trinajstić information content (AvgIpc) is 2.30. The Labute approximate surface area is 95.1 Å². The predicted molar refractivity (Wildman–Crippen MR) is 63.5 cm³/mol. The summed E-state index contributed by atoms with van der Waals surface area (Å²) in [6, 6.07) is 5.96. The van der Waals surface area contributed by atoms with E-state index in [-0.39, 0.29) is 0 Å². The lowest BCUT2D eigenvalue weighted by Gasteiger charge is -2.09. The van der Waals surface area contributed by atoms with Crippen molar-refractivity contribution in [2.45, 2.75) is 13.8 Å². The Kier molecular flexibility index (Phi) is 2.86. The van der Waals surface area contributed by atoms with E-state index in [1.165, 1.54) is 0 Å². The summed E-state index contributed by atoms with van der Waals surface area (Å²) in [6.07, 6.45) is 3.62. The van der Waals surface area contributed by atoms with Crippen molar-refractivity contribution in [2.75, 3.05) is 7.11 Å². The van der Waals surface area contributed by atoms with Gasteiger partial charge in [-0.3, -0.25) is 0 Å². The molecule has 82 valence electrons. The van der Waals surface area contributed by atoms with E-state index in [9.17, 15) is 0 Å². The number of hydrogen-bond acceptors (Lipinski definition) is 3. The highest BCUT2D eigenvalue weighted by atomic mass is 16.5. The molecule has 1 aromatic carbocycles. The number of hydrogen-bond donors (Lipinski definition) is 0. The Morgan fingerprint density at radius 3 is 2.38 bits per heavy atom. The summed E-state index contributed by atoms with van der Waals surface area (Å²) < 4.78 is 5.38. The molecule has 1 heterocycles. The molecule has 0 N–H and O–H groups in total. The Morgan fingerprint density at radius 1 is 1.06 bits per heavy atom. The number of nitrogens with zero attached hydrogens (tertiary/aromatic N) is 2. The summed E-state index contributed by atoms with van der Waals surface area (Å²) in [7, 11) is 1.67. The first-order valence-electron chi connectivity index (χ1n) is 5.15. The van der Waals surface area contributed by atoms with Gasteiger partial charge in [0.2, 0.25) is 0 Å². The smallest absolute Gasteiger partial charge is 0.162 e. The normalized spacial score (nSPS) is 10.2. The first-order chi connectivity index (χ1) is 7.72. The fourth-order valence-corrected chi connectivity index (χ4v) is 1.63. The topological polar surface area (TPSA) is 35.0 Å². The first-order valence-corrected chi connectivity index (χ1v) is 5.15. The number of para-hydroxylation sites is 1. The molecule has 0 amide bonds. The van der Waals surface area contributed by atoms with Gasteiger partial charge in [-0.25, -0.2) is 9.97 Å². The van der Waals surface area contributed by atoms with Crippen molar-refractivity contribution in [2.24, 2.45) is 0 Å². The highest BCUT2D eigenvalue weighted by Crippen LogP contribution is 2.30. The molecule has 0 aliphatic rings. The van der Waals surface area contributed by atoms with Crippen molar-refractivity contribution in [3.63, 3.8) is 0 Å². The molecule has 0 spiro atoms. The maximum Gasteiger partial charge on any atom is 0.162 e. The summed E-state index contributed by atoms with van der Waals surface area (Å²) in [6.45, 7) is 3.98. The second kappa shape index (κ2) is 4.31. The van der Waals surface area contributed by atoms with Crippen molar-refractivity contribution in [1.82, 2.24) is 9.97 Å². The van der Waals surface area contributed by atoms with Crippen LogP contribution < -0.4 is 4.74 Å². The molecule has 0 saturated heterocycles. The second-order valence-electron chi connectivity index (χ2n) is 3.74.